The van der Waals surface area contributed by atoms with Crippen LogP contribution in [-0.2, 0) is 0 Å². The largest absolute Gasteiger partial charge is 0.383 e. The highest BCUT2D eigenvalue weighted by Gasteiger charge is 2.19. The molecule has 0 spiro atoms. The van der Waals surface area contributed by atoms with Gasteiger partial charge in [-0.3, -0.25) is 0 Å². The minimum Gasteiger partial charge on any atom is -0.383 e. The first-order valence-electron chi connectivity index (χ1n) is 7.08. The normalized spacial score (nSPS) is 13.1. The standard InChI is InChI=1S/C15H24N4/c1-6-7-8-9(2)19-11(4)10(3)13-14(16)17-12(5)18-15(13)19/h9H,6-8H2,1-5H3,(H2,16,17,18). The molecule has 2 rings (SSSR count). The fourth-order valence-corrected chi connectivity index (χ4v) is 2.80. The van der Waals surface area contributed by atoms with Crippen molar-refractivity contribution in [2.24, 2.45) is 0 Å². The molecule has 0 aliphatic rings. The molecular weight excluding hydrogens is 236 g/mol. The number of hydrogen-bond donors (Lipinski definition) is 1. The molecule has 0 aliphatic carbocycles. The molecule has 2 aromatic rings. The van der Waals surface area contributed by atoms with Crippen LogP contribution >= 0.6 is 0 Å². The molecule has 0 amide bonds. The van der Waals surface area contributed by atoms with Gasteiger partial charge in [0.2, 0.25) is 0 Å². The zero-order chi connectivity index (χ0) is 14.2. The van der Waals surface area contributed by atoms with Crippen molar-refractivity contribution in [1.29, 1.82) is 0 Å². The van der Waals surface area contributed by atoms with Gasteiger partial charge in [0.05, 0.1) is 5.39 Å². The zero-order valence-electron chi connectivity index (χ0n) is 12.6. The third-order valence-corrected chi connectivity index (χ3v) is 3.95. The van der Waals surface area contributed by atoms with Crippen LogP contribution in [0, 0.1) is 20.8 Å². The summed E-state index contributed by atoms with van der Waals surface area (Å²) in [4.78, 5) is 8.91. The molecule has 4 nitrogen and oxygen atoms in total. The molecule has 2 heterocycles. The van der Waals surface area contributed by atoms with E-state index < -0.39 is 0 Å². The number of hydrogen-bond acceptors (Lipinski definition) is 3. The number of rotatable bonds is 4. The van der Waals surface area contributed by atoms with E-state index in [1.807, 2.05) is 6.92 Å². The van der Waals surface area contributed by atoms with Crippen molar-refractivity contribution in [3.05, 3.63) is 17.1 Å². The quantitative estimate of drug-likeness (QED) is 0.912. The summed E-state index contributed by atoms with van der Waals surface area (Å²) in [6, 6.07) is 0.449. The molecule has 2 N–H and O–H groups in total. The van der Waals surface area contributed by atoms with E-state index in [9.17, 15) is 0 Å². The average Bonchev–Trinajstić information content (AvgIpc) is 2.59. The van der Waals surface area contributed by atoms with Crippen molar-refractivity contribution < 1.29 is 0 Å². The van der Waals surface area contributed by atoms with Crippen molar-refractivity contribution in [1.82, 2.24) is 14.5 Å². The number of unbranched alkanes of at least 4 members (excludes halogenated alkanes) is 1. The predicted molar refractivity (Wildman–Crippen MR) is 80.4 cm³/mol. The van der Waals surface area contributed by atoms with Gasteiger partial charge in [0, 0.05) is 11.7 Å². The van der Waals surface area contributed by atoms with Crippen LogP contribution in [0.15, 0.2) is 0 Å². The summed E-state index contributed by atoms with van der Waals surface area (Å²) in [5.74, 6) is 1.34. The van der Waals surface area contributed by atoms with E-state index in [1.165, 1.54) is 30.5 Å². The van der Waals surface area contributed by atoms with Crippen LogP contribution in [0.25, 0.3) is 11.0 Å². The number of aromatic nitrogens is 3. The van der Waals surface area contributed by atoms with Crippen LogP contribution in [0.1, 0.15) is 56.2 Å². The van der Waals surface area contributed by atoms with E-state index in [2.05, 4.69) is 42.2 Å². The van der Waals surface area contributed by atoms with Gasteiger partial charge in [-0.2, -0.15) is 0 Å². The maximum Gasteiger partial charge on any atom is 0.146 e. The summed E-state index contributed by atoms with van der Waals surface area (Å²) in [7, 11) is 0. The Morgan fingerprint density at radius 3 is 2.53 bits per heavy atom. The van der Waals surface area contributed by atoms with Gasteiger partial charge in [0.15, 0.2) is 0 Å². The number of aryl methyl sites for hydroxylation is 2. The van der Waals surface area contributed by atoms with Gasteiger partial charge in [0.1, 0.15) is 17.3 Å². The highest BCUT2D eigenvalue weighted by Crippen LogP contribution is 2.31. The zero-order valence-corrected chi connectivity index (χ0v) is 12.6. The highest BCUT2D eigenvalue weighted by molar-refractivity contribution is 5.91. The lowest BCUT2D eigenvalue weighted by molar-refractivity contribution is 0.487. The molecular formula is C15H24N4. The maximum absolute atomic E-state index is 6.08. The predicted octanol–water partition coefficient (Wildman–Crippen LogP) is 3.69. The smallest absolute Gasteiger partial charge is 0.146 e. The van der Waals surface area contributed by atoms with Crippen LogP contribution in [0.3, 0.4) is 0 Å². The Kier molecular flexibility index (Phi) is 3.78. The fraction of sp³-hybridized carbons (Fsp3) is 0.600. The SMILES string of the molecule is CCCCC(C)n1c(C)c(C)c2c(N)nc(C)nc21. The first-order chi connectivity index (χ1) is 8.97. The summed E-state index contributed by atoms with van der Waals surface area (Å²) < 4.78 is 2.32. The first kappa shape index (κ1) is 13.8. The van der Waals surface area contributed by atoms with Gasteiger partial charge in [-0.05, 0) is 39.7 Å². The molecule has 19 heavy (non-hydrogen) atoms. The molecule has 0 aliphatic heterocycles. The molecule has 0 bridgehead atoms. The van der Waals surface area contributed by atoms with E-state index in [4.69, 9.17) is 5.73 Å². The van der Waals surface area contributed by atoms with Gasteiger partial charge in [-0.15, -0.1) is 0 Å². The summed E-state index contributed by atoms with van der Waals surface area (Å²) >= 11 is 0. The second-order valence-electron chi connectivity index (χ2n) is 5.43. The Hall–Kier alpha value is -1.58. The molecule has 0 saturated heterocycles. The second kappa shape index (κ2) is 5.19. The van der Waals surface area contributed by atoms with Crippen molar-refractivity contribution in [2.75, 3.05) is 5.73 Å². The van der Waals surface area contributed by atoms with Crippen molar-refractivity contribution in [3.63, 3.8) is 0 Å². The van der Waals surface area contributed by atoms with E-state index in [1.54, 1.807) is 0 Å². The second-order valence-corrected chi connectivity index (χ2v) is 5.43. The Morgan fingerprint density at radius 2 is 1.89 bits per heavy atom. The van der Waals surface area contributed by atoms with Crippen molar-refractivity contribution >= 4 is 16.9 Å². The van der Waals surface area contributed by atoms with E-state index in [0.29, 0.717) is 11.9 Å². The number of fused-ring (bicyclic) bond motifs is 1. The van der Waals surface area contributed by atoms with Gasteiger partial charge < -0.3 is 10.3 Å². The molecule has 1 unspecified atom stereocenters. The summed E-state index contributed by atoms with van der Waals surface area (Å²) in [6.45, 7) is 10.6. The number of nitrogen functional groups attached to an aromatic ring is 1. The molecule has 0 radical (unpaired) electrons. The highest BCUT2D eigenvalue weighted by atomic mass is 15.1. The Labute approximate surface area is 115 Å². The topological polar surface area (TPSA) is 56.7 Å². The number of anilines is 1. The fourth-order valence-electron chi connectivity index (χ4n) is 2.80. The van der Waals surface area contributed by atoms with Crippen molar-refractivity contribution in [3.8, 4) is 0 Å². The van der Waals surface area contributed by atoms with E-state index in [0.717, 1.165) is 16.9 Å². The van der Waals surface area contributed by atoms with Gasteiger partial charge >= 0.3 is 0 Å². The minimum absolute atomic E-state index is 0.449. The lowest BCUT2D eigenvalue weighted by Gasteiger charge is -2.17. The van der Waals surface area contributed by atoms with Crippen LogP contribution in [0.5, 0.6) is 0 Å². The lowest BCUT2D eigenvalue weighted by atomic mass is 10.1. The monoisotopic (exact) mass is 260 g/mol. The number of nitrogens with zero attached hydrogens (tertiary/aromatic N) is 3. The third-order valence-electron chi connectivity index (χ3n) is 3.95. The maximum atomic E-state index is 6.08. The van der Waals surface area contributed by atoms with Crippen LogP contribution < -0.4 is 5.73 Å². The lowest BCUT2D eigenvalue weighted by Crippen LogP contribution is -2.08. The molecule has 1 atom stereocenters. The average molecular weight is 260 g/mol. The molecule has 0 saturated carbocycles. The molecule has 0 fully saturated rings. The van der Waals surface area contributed by atoms with Gasteiger partial charge in [-0.1, -0.05) is 19.8 Å². The minimum atomic E-state index is 0.449. The molecule has 4 heteroatoms. The van der Waals surface area contributed by atoms with Crippen LogP contribution in [0.2, 0.25) is 0 Å². The Bertz CT molecular complexity index is 598. The molecule has 0 aromatic carbocycles. The Morgan fingerprint density at radius 1 is 1.21 bits per heavy atom. The van der Waals surface area contributed by atoms with Gasteiger partial charge in [-0.25, -0.2) is 9.97 Å². The summed E-state index contributed by atoms with van der Waals surface area (Å²) in [6.07, 6.45) is 3.63. The van der Waals surface area contributed by atoms with E-state index >= 15 is 0 Å². The van der Waals surface area contributed by atoms with Crippen LogP contribution in [0.4, 0.5) is 5.82 Å². The van der Waals surface area contributed by atoms with Crippen LogP contribution in [-0.4, -0.2) is 14.5 Å². The van der Waals surface area contributed by atoms with E-state index in [-0.39, 0.29) is 0 Å². The van der Waals surface area contributed by atoms with Gasteiger partial charge in [0.25, 0.3) is 0 Å². The Balaban J connectivity index is 2.63. The third kappa shape index (κ3) is 2.31. The number of nitrogens with two attached hydrogens (primary N) is 1. The summed E-state index contributed by atoms with van der Waals surface area (Å²) in [5.41, 5.74) is 9.52. The summed E-state index contributed by atoms with van der Waals surface area (Å²) in [5, 5.41) is 1.02. The van der Waals surface area contributed by atoms with Crippen molar-refractivity contribution in [2.45, 2.75) is 59.9 Å². The first-order valence-corrected chi connectivity index (χ1v) is 7.08. The molecule has 104 valence electrons. The molecule has 2 aromatic heterocycles.